The predicted molar refractivity (Wildman–Crippen MR) is 96.6 cm³/mol. The van der Waals surface area contributed by atoms with Crippen molar-refractivity contribution in [1.29, 1.82) is 0 Å². The maximum absolute atomic E-state index is 9.73. The van der Waals surface area contributed by atoms with Crippen LogP contribution in [0.25, 0.3) is 0 Å². The molecule has 2 rings (SSSR count). The molecule has 1 N–H and O–H groups in total. The van der Waals surface area contributed by atoms with Crippen LogP contribution < -0.4 is 0 Å². The van der Waals surface area contributed by atoms with E-state index < -0.39 is 5.79 Å². The van der Waals surface area contributed by atoms with Crippen LogP contribution in [-0.4, -0.2) is 17.5 Å². The van der Waals surface area contributed by atoms with Crippen LogP contribution in [0.3, 0.4) is 0 Å². The highest BCUT2D eigenvalue weighted by Gasteiger charge is 2.42. The third kappa shape index (κ3) is 7.99. The molecule has 1 aliphatic rings. The van der Waals surface area contributed by atoms with E-state index >= 15 is 0 Å². The normalized spacial score (nSPS) is 19.9. The first-order valence-electron chi connectivity index (χ1n) is 9.66. The van der Waals surface area contributed by atoms with Gasteiger partial charge in [0.05, 0.1) is 0 Å². The minimum Gasteiger partial charge on any atom is -0.363 e. The van der Waals surface area contributed by atoms with Crippen molar-refractivity contribution in [2.75, 3.05) is 6.61 Å². The Morgan fingerprint density at radius 2 is 1.30 bits per heavy atom. The van der Waals surface area contributed by atoms with E-state index in [2.05, 4.69) is 31.2 Å². The van der Waals surface area contributed by atoms with Gasteiger partial charge in [-0.25, -0.2) is 0 Å². The zero-order valence-corrected chi connectivity index (χ0v) is 14.9. The van der Waals surface area contributed by atoms with Crippen LogP contribution in [0.4, 0.5) is 0 Å². The van der Waals surface area contributed by atoms with Gasteiger partial charge in [-0.3, -0.25) is 0 Å². The Balaban J connectivity index is 1.46. The topological polar surface area (TPSA) is 32.8 Å². The molecule has 0 bridgehead atoms. The molecule has 0 radical (unpaired) electrons. The zero-order chi connectivity index (χ0) is 16.4. The molecule has 2 heteroatoms. The van der Waals surface area contributed by atoms with Gasteiger partial charge in [0.2, 0.25) is 0 Å². The summed E-state index contributed by atoms with van der Waals surface area (Å²) < 4.78 is 5.02. The summed E-state index contributed by atoms with van der Waals surface area (Å²) in [5.41, 5.74) is 2.58. The molecule has 1 heterocycles. The summed E-state index contributed by atoms with van der Waals surface area (Å²) in [6.07, 6.45) is 15.7. The van der Waals surface area contributed by atoms with Crippen LogP contribution in [0, 0.1) is 0 Å². The van der Waals surface area contributed by atoms with Crippen LogP contribution in [-0.2, 0) is 17.6 Å². The van der Waals surface area contributed by atoms with Crippen molar-refractivity contribution in [2.24, 2.45) is 0 Å². The fraction of sp³-hybridized carbons (Fsp3) is 0.714. The highest BCUT2D eigenvalue weighted by molar-refractivity contribution is 5.24. The Bertz CT molecular complexity index is 420. The summed E-state index contributed by atoms with van der Waals surface area (Å²) in [6.45, 7) is 2.76. The second kappa shape index (κ2) is 10.1. The summed E-state index contributed by atoms with van der Waals surface area (Å²) in [6, 6.07) is 8.67. The number of aliphatic hydroxyl groups is 1. The molecule has 0 saturated carbocycles. The maximum Gasteiger partial charge on any atom is 0.193 e. The molecule has 0 aromatic heterocycles. The molecule has 1 aromatic rings. The van der Waals surface area contributed by atoms with E-state index in [1.54, 1.807) is 0 Å². The second-order valence-electron chi connectivity index (χ2n) is 7.16. The average Bonchev–Trinajstić information content (AvgIpc) is 3.28. The summed E-state index contributed by atoms with van der Waals surface area (Å²) in [4.78, 5) is 0. The number of aryl methyl sites for hydroxylation is 1. The van der Waals surface area contributed by atoms with Crippen molar-refractivity contribution in [3.05, 3.63) is 35.4 Å². The van der Waals surface area contributed by atoms with E-state index in [1.807, 2.05) is 0 Å². The molecule has 1 fully saturated rings. The molecule has 1 aliphatic heterocycles. The molecule has 1 saturated heterocycles. The third-order valence-electron chi connectivity index (χ3n) is 4.80. The molecule has 130 valence electrons. The Morgan fingerprint density at radius 3 is 1.83 bits per heavy atom. The number of hydrogen-bond donors (Lipinski definition) is 1. The molecule has 23 heavy (non-hydrogen) atoms. The quantitative estimate of drug-likeness (QED) is 0.389. The van der Waals surface area contributed by atoms with E-state index in [0.717, 1.165) is 5.56 Å². The number of ether oxygens (including phenoxy) is 1. The predicted octanol–water partition coefficient (Wildman–Crippen LogP) is 5.41. The van der Waals surface area contributed by atoms with Crippen LogP contribution >= 0.6 is 0 Å². The number of unbranched alkanes of at least 4 members (excludes halogenated alkanes) is 9. The van der Waals surface area contributed by atoms with Gasteiger partial charge in [0.15, 0.2) is 5.79 Å². The largest absolute Gasteiger partial charge is 0.363 e. The van der Waals surface area contributed by atoms with Gasteiger partial charge in [-0.05, 0) is 24.0 Å². The van der Waals surface area contributed by atoms with Crippen molar-refractivity contribution in [2.45, 2.75) is 89.8 Å². The smallest absolute Gasteiger partial charge is 0.193 e. The zero-order valence-electron chi connectivity index (χ0n) is 14.9. The lowest BCUT2D eigenvalue weighted by Crippen LogP contribution is -2.12. The van der Waals surface area contributed by atoms with Crippen molar-refractivity contribution in [3.63, 3.8) is 0 Å². The van der Waals surface area contributed by atoms with Crippen LogP contribution in [0.5, 0.6) is 0 Å². The minimum atomic E-state index is -0.863. The van der Waals surface area contributed by atoms with Gasteiger partial charge in [-0.1, -0.05) is 89.0 Å². The lowest BCUT2D eigenvalue weighted by atomic mass is 10.0. The first-order chi connectivity index (χ1) is 11.2. The fourth-order valence-corrected chi connectivity index (χ4v) is 3.14. The van der Waals surface area contributed by atoms with Gasteiger partial charge < -0.3 is 9.84 Å². The molecular formula is C21H34O2. The van der Waals surface area contributed by atoms with Crippen molar-refractivity contribution < 1.29 is 9.84 Å². The van der Waals surface area contributed by atoms with E-state index in [0.29, 0.717) is 13.0 Å². The maximum atomic E-state index is 9.73. The number of hydrogen-bond acceptors (Lipinski definition) is 2. The molecule has 1 unspecified atom stereocenters. The van der Waals surface area contributed by atoms with Crippen molar-refractivity contribution in [3.8, 4) is 0 Å². The first kappa shape index (κ1) is 18.5. The SMILES string of the molecule is CCCCCCCCCCCCc1ccc(CC2(O)CO2)cc1. The molecule has 1 aromatic carbocycles. The number of epoxide rings is 1. The van der Waals surface area contributed by atoms with E-state index in [9.17, 15) is 5.11 Å². The molecule has 2 nitrogen and oxygen atoms in total. The van der Waals surface area contributed by atoms with Gasteiger partial charge >= 0.3 is 0 Å². The molecular weight excluding hydrogens is 284 g/mol. The van der Waals surface area contributed by atoms with E-state index in [-0.39, 0.29) is 0 Å². The van der Waals surface area contributed by atoms with Crippen LogP contribution in [0.1, 0.15) is 82.3 Å². The highest BCUT2D eigenvalue weighted by atomic mass is 16.7. The lowest BCUT2D eigenvalue weighted by Gasteiger charge is -2.06. The van der Waals surface area contributed by atoms with Gasteiger partial charge in [-0.2, -0.15) is 0 Å². The Hall–Kier alpha value is -0.860. The molecule has 0 amide bonds. The highest BCUT2D eigenvalue weighted by Crippen LogP contribution is 2.27. The van der Waals surface area contributed by atoms with Gasteiger partial charge in [-0.15, -0.1) is 0 Å². The Labute approximate surface area is 142 Å². The van der Waals surface area contributed by atoms with Gasteiger partial charge in [0, 0.05) is 6.42 Å². The van der Waals surface area contributed by atoms with E-state index in [1.165, 1.54) is 76.2 Å². The van der Waals surface area contributed by atoms with E-state index in [4.69, 9.17) is 4.74 Å². The second-order valence-corrected chi connectivity index (χ2v) is 7.16. The van der Waals surface area contributed by atoms with Crippen molar-refractivity contribution >= 4 is 0 Å². The Morgan fingerprint density at radius 1 is 0.826 bits per heavy atom. The standard InChI is InChI=1S/C21H34O2/c1-2-3-4-5-6-7-8-9-10-11-12-19-13-15-20(16-14-19)17-21(22)18-23-21/h13-16,22H,2-12,17-18H2,1H3. The molecule has 1 atom stereocenters. The van der Waals surface area contributed by atoms with Gasteiger partial charge in [0.25, 0.3) is 0 Å². The number of benzene rings is 1. The molecule has 0 aliphatic carbocycles. The first-order valence-corrected chi connectivity index (χ1v) is 9.66. The molecule has 0 spiro atoms. The monoisotopic (exact) mass is 318 g/mol. The van der Waals surface area contributed by atoms with Crippen LogP contribution in [0.15, 0.2) is 24.3 Å². The summed E-state index contributed by atoms with van der Waals surface area (Å²) in [5, 5.41) is 9.73. The van der Waals surface area contributed by atoms with Crippen LogP contribution in [0.2, 0.25) is 0 Å². The average molecular weight is 319 g/mol. The fourth-order valence-electron chi connectivity index (χ4n) is 3.14. The lowest BCUT2D eigenvalue weighted by molar-refractivity contribution is 0.0372. The minimum absolute atomic E-state index is 0.480. The summed E-state index contributed by atoms with van der Waals surface area (Å²) in [5.74, 6) is -0.863. The summed E-state index contributed by atoms with van der Waals surface area (Å²) >= 11 is 0. The Kier molecular flexibility index (Phi) is 8.11. The third-order valence-corrected chi connectivity index (χ3v) is 4.80. The summed E-state index contributed by atoms with van der Waals surface area (Å²) in [7, 11) is 0. The van der Waals surface area contributed by atoms with Gasteiger partial charge in [0.1, 0.15) is 6.61 Å². The van der Waals surface area contributed by atoms with Crippen molar-refractivity contribution in [1.82, 2.24) is 0 Å². The number of rotatable bonds is 13.